The first-order valence-electron chi connectivity index (χ1n) is 9.01. The van der Waals surface area contributed by atoms with Crippen LogP contribution < -0.4 is 10.6 Å². The number of rotatable bonds is 6. The molecule has 0 aromatic heterocycles. The van der Waals surface area contributed by atoms with Crippen LogP contribution in [-0.2, 0) is 0 Å². The SMILES string of the molecule is O=C(O)c1ccc(O)cc1C(=O)Nc1ccc(NC(=O)c2cc(O)ccc2C(=O)O)cc1. The van der Waals surface area contributed by atoms with Crippen LogP contribution in [0.3, 0.4) is 0 Å². The van der Waals surface area contributed by atoms with Crippen molar-refractivity contribution in [1.29, 1.82) is 0 Å². The Morgan fingerprint density at radius 3 is 1.19 bits per heavy atom. The van der Waals surface area contributed by atoms with E-state index in [1.54, 1.807) is 0 Å². The highest BCUT2D eigenvalue weighted by Crippen LogP contribution is 2.22. The quantitative estimate of drug-likeness (QED) is 0.342. The Kier molecular flexibility index (Phi) is 6.06. The van der Waals surface area contributed by atoms with Crippen LogP contribution in [0, 0.1) is 0 Å². The molecule has 3 aromatic carbocycles. The molecule has 0 saturated carbocycles. The Morgan fingerprint density at radius 2 is 0.875 bits per heavy atom. The van der Waals surface area contributed by atoms with E-state index >= 15 is 0 Å². The molecule has 3 rings (SSSR count). The first-order valence-corrected chi connectivity index (χ1v) is 9.01. The number of aromatic carboxylic acids is 2. The summed E-state index contributed by atoms with van der Waals surface area (Å²) >= 11 is 0. The summed E-state index contributed by atoms with van der Waals surface area (Å²) in [5, 5.41) is 42.5. The molecule has 32 heavy (non-hydrogen) atoms. The van der Waals surface area contributed by atoms with Gasteiger partial charge >= 0.3 is 11.9 Å². The number of aromatic hydroxyl groups is 2. The Balaban J connectivity index is 1.75. The van der Waals surface area contributed by atoms with E-state index in [1.807, 2.05) is 0 Å². The van der Waals surface area contributed by atoms with Gasteiger partial charge in [0.2, 0.25) is 0 Å². The molecule has 0 unspecified atom stereocenters. The van der Waals surface area contributed by atoms with Gasteiger partial charge in [0.25, 0.3) is 11.8 Å². The number of carboxylic acid groups (broad SMARTS) is 2. The van der Waals surface area contributed by atoms with E-state index in [-0.39, 0.29) is 45.1 Å². The van der Waals surface area contributed by atoms with Crippen molar-refractivity contribution < 1.29 is 39.6 Å². The lowest BCUT2D eigenvalue weighted by molar-refractivity contribution is 0.0683. The summed E-state index contributed by atoms with van der Waals surface area (Å²) in [4.78, 5) is 47.5. The smallest absolute Gasteiger partial charge is 0.336 e. The summed E-state index contributed by atoms with van der Waals surface area (Å²) in [6.45, 7) is 0. The number of anilines is 2. The van der Waals surface area contributed by atoms with Crippen molar-refractivity contribution in [1.82, 2.24) is 0 Å². The molecule has 0 bridgehead atoms. The van der Waals surface area contributed by atoms with Crippen LogP contribution in [0.2, 0.25) is 0 Å². The molecular weight excluding hydrogens is 420 g/mol. The molecule has 10 nitrogen and oxygen atoms in total. The minimum atomic E-state index is -1.33. The minimum absolute atomic E-state index is 0.236. The van der Waals surface area contributed by atoms with Crippen LogP contribution in [-0.4, -0.2) is 44.2 Å². The molecule has 0 atom stereocenters. The predicted octanol–water partition coefficient (Wildman–Crippen LogP) is 3.00. The van der Waals surface area contributed by atoms with Gasteiger partial charge in [-0.1, -0.05) is 0 Å². The molecule has 10 heteroatoms. The van der Waals surface area contributed by atoms with Crippen LogP contribution >= 0.6 is 0 Å². The van der Waals surface area contributed by atoms with Crippen LogP contribution in [0.5, 0.6) is 11.5 Å². The van der Waals surface area contributed by atoms with Crippen molar-refractivity contribution in [2.24, 2.45) is 0 Å². The zero-order chi connectivity index (χ0) is 23.4. The molecule has 0 heterocycles. The van der Waals surface area contributed by atoms with Crippen LogP contribution in [0.4, 0.5) is 11.4 Å². The molecule has 0 spiro atoms. The van der Waals surface area contributed by atoms with Gasteiger partial charge in [0.1, 0.15) is 11.5 Å². The normalized spacial score (nSPS) is 10.2. The fourth-order valence-electron chi connectivity index (χ4n) is 2.85. The number of carbonyl (C=O) groups excluding carboxylic acids is 2. The maximum Gasteiger partial charge on any atom is 0.336 e. The van der Waals surface area contributed by atoms with Gasteiger partial charge in [-0.3, -0.25) is 9.59 Å². The van der Waals surface area contributed by atoms with E-state index in [9.17, 15) is 39.6 Å². The Labute approximate surface area is 180 Å². The lowest BCUT2D eigenvalue weighted by Gasteiger charge is -2.11. The molecule has 6 N–H and O–H groups in total. The number of nitrogens with one attached hydrogen (secondary N) is 2. The predicted molar refractivity (Wildman–Crippen MR) is 112 cm³/mol. The lowest BCUT2D eigenvalue weighted by atomic mass is 10.1. The molecule has 0 radical (unpaired) electrons. The lowest BCUT2D eigenvalue weighted by Crippen LogP contribution is -2.17. The van der Waals surface area contributed by atoms with E-state index in [1.165, 1.54) is 24.3 Å². The van der Waals surface area contributed by atoms with E-state index in [2.05, 4.69) is 10.6 Å². The van der Waals surface area contributed by atoms with E-state index < -0.39 is 23.8 Å². The molecule has 0 aliphatic heterocycles. The molecule has 2 amide bonds. The Bertz CT molecular complexity index is 1140. The average molecular weight is 436 g/mol. The summed E-state index contributed by atoms with van der Waals surface area (Å²) < 4.78 is 0. The highest BCUT2D eigenvalue weighted by molar-refractivity contribution is 6.12. The highest BCUT2D eigenvalue weighted by Gasteiger charge is 2.19. The number of hydrogen-bond acceptors (Lipinski definition) is 6. The number of hydrogen-bond donors (Lipinski definition) is 6. The Hall–Kier alpha value is -4.86. The molecule has 0 aliphatic carbocycles. The fraction of sp³-hybridized carbons (Fsp3) is 0. The average Bonchev–Trinajstić information content (AvgIpc) is 2.74. The summed E-state index contributed by atoms with van der Waals surface area (Å²) in [6, 6.07) is 12.3. The number of benzene rings is 3. The van der Waals surface area contributed by atoms with Gasteiger partial charge in [-0.15, -0.1) is 0 Å². The Morgan fingerprint density at radius 1 is 0.531 bits per heavy atom. The highest BCUT2D eigenvalue weighted by atomic mass is 16.4. The third-order valence-corrected chi connectivity index (χ3v) is 4.36. The van der Waals surface area contributed by atoms with Crippen LogP contribution in [0.25, 0.3) is 0 Å². The molecule has 3 aromatic rings. The number of amides is 2. The maximum atomic E-state index is 12.4. The number of carboxylic acids is 2. The van der Waals surface area contributed by atoms with Gasteiger partial charge in [-0.05, 0) is 60.7 Å². The van der Waals surface area contributed by atoms with Crippen molar-refractivity contribution >= 4 is 35.1 Å². The largest absolute Gasteiger partial charge is 0.508 e. The summed E-state index contributed by atoms with van der Waals surface area (Å²) in [7, 11) is 0. The van der Waals surface area contributed by atoms with Gasteiger partial charge in [-0.2, -0.15) is 0 Å². The first-order chi connectivity index (χ1) is 15.2. The molecule has 0 fully saturated rings. The van der Waals surface area contributed by atoms with Crippen molar-refractivity contribution in [3.8, 4) is 11.5 Å². The topological polar surface area (TPSA) is 173 Å². The first kappa shape index (κ1) is 21.8. The number of phenols is 2. The standard InChI is InChI=1S/C22H16N2O8/c25-13-5-7-15(21(29)30)17(9-13)19(27)23-11-1-2-12(4-3-11)24-20(28)18-10-14(26)6-8-16(18)22(31)32/h1-10,25-26H,(H,23,27)(H,24,28)(H,29,30)(H,31,32). The van der Waals surface area contributed by atoms with Crippen molar-refractivity contribution in [3.05, 3.63) is 82.9 Å². The third-order valence-electron chi connectivity index (χ3n) is 4.36. The minimum Gasteiger partial charge on any atom is -0.508 e. The second kappa shape index (κ2) is 8.88. The van der Waals surface area contributed by atoms with Gasteiger partial charge in [0, 0.05) is 11.4 Å². The van der Waals surface area contributed by atoms with Gasteiger partial charge < -0.3 is 31.1 Å². The van der Waals surface area contributed by atoms with E-state index in [0.717, 1.165) is 36.4 Å². The number of carbonyl (C=O) groups is 4. The van der Waals surface area contributed by atoms with Crippen molar-refractivity contribution in [3.63, 3.8) is 0 Å². The van der Waals surface area contributed by atoms with Gasteiger partial charge in [-0.25, -0.2) is 9.59 Å². The fourth-order valence-corrected chi connectivity index (χ4v) is 2.85. The zero-order valence-corrected chi connectivity index (χ0v) is 16.2. The second-order valence-corrected chi connectivity index (χ2v) is 6.56. The van der Waals surface area contributed by atoms with Crippen molar-refractivity contribution in [2.75, 3.05) is 10.6 Å². The monoisotopic (exact) mass is 436 g/mol. The second-order valence-electron chi connectivity index (χ2n) is 6.56. The van der Waals surface area contributed by atoms with Gasteiger partial charge in [0.15, 0.2) is 0 Å². The van der Waals surface area contributed by atoms with Crippen LogP contribution in [0.1, 0.15) is 41.4 Å². The summed E-state index contributed by atoms with van der Waals surface area (Å²) in [6.07, 6.45) is 0. The number of phenolic OH excluding ortho intramolecular Hbond substituents is 2. The molecule has 0 aliphatic rings. The molecule has 162 valence electrons. The summed E-state index contributed by atoms with van der Waals surface area (Å²) in [5.41, 5.74) is -0.499. The third kappa shape index (κ3) is 4.82. The molecule has 0 saturated heterocycles. The maximum absolute atomic E-state index is 12.4. The van der Waals surface area contributed by atoms with E-state index in [0.29, 0.717) is 0 Å². The summed E-state index contributed by atoms with van der Waals surface area (Å²) in [5.74, 6) is -4.74. The van der Waals surface area contributed by atoms with Crippen LogP contribution in [0.15, 0.2) is 60.7 Å². The van der Waals surface area contributed by atoms with Gasteiger partial charge in [0.05, 0.1) is 22.3 Å². The zero-order valence-electron chi connectivity index (χ0n) is 16.2. The van der Waals surface area contributed by atoms with Crippen molar-refractivity contribution in [2.45, 2.75) is 0 Å². The molecular formula is C22H16N2O8. The van der Waals surface area contributed by atoms with E-state index in [4.69, 9.17) is 0 Å².